The van der Waals surface area contributed by atoms with Crippen LogP contribution in [0.2, 0.25) is 0 Å². The number of aryl methyl sites for hydroxylation is 1. The molecule has 2 aromatic rings. The topological polar surface area (TPSA) is 64.2 Å². The van der Waals surface area contributed by atoms with Gasteiger partial charge in [-0.3, -0.25) is 4.79 Å². The second-order valence-corrected chi connectivity index (χ2v) is 6.03. The molecule has 0 unspecified atom stereocenters. The molecule has 2 atom stereocenters. The highest BCUT2D eigenvalue weighted by Gasteiger charge is 2.28. The van der Waals surface area contributed by atoms with E-state index in [2.05, 4.69) is 21.6 Å². The van der Waals surface area contributed by atoms with Crippen LogP contribution in [0.1, 0.15) is 49.9 Å². The first kappa shape index (κ1) is 14.8. The maximum absolute atomic E-state index is 12.5. The number of hydrogen-bond donors (Lipinski definition) is 0. The van der Waals surface area contributed by atoms with Crippen molar-refractivity contribution in [2.45, 2.75) is 45.1 Å². The molecule has 1 amide bonds. The van der Waals surface area contributed by atoms with Crippen LogP contribution in [0.25, 0.3) is 0 Å². The predicted molar refractivity (Wildman–Crippen MR) is 81.4 cm³/mol. The first-order valence-corrected chi connectivity index (χ1v) is 7.84. The molecule has 3 heterocycles. The van der Waals surface area contributed by atoms with Crippen LogP contribution in [0.4, 0.5) is 0 Å². The van der Waals surface area contributed by atoms with Gasteiger partial charge in [-0.1, -0.05) is 5.16 Å². The molecule has 0 bridgehead atoms. The minimum absolute atomic E-state index is 0.176. The largest absolute Gasteiger partial charge is 0.351 e. The fourth-order valence-corrected chi connectivity index (χ4v) is 3.02. The Kier molecular flexibility index (Phi) is 4.27. The van der Waals surface area contributed by atoms with Crippen molar-refractivity contribution in [3.63, 3.8) is 0 Å². The molecule has 0 saturated carbocycles. The Bertz CT molecular complexity index is 620. The Morgan fingerprint density at radius 1 is 1.45 bits per heavy atom. The lowest BCUT2D eigenvalue weighted by Crippen LogP contribution is -2.40. The van der Waals surface area contributed by atoms with Crippen LogP contribution < -0.4 is 0 Å². The van der Waals surface area contributed by atoms with Gasteiger partial charge in [0.15, 0.2) is 5.82 Å². The van der Waals surface area contributed by atoms with E-state index >= 15 is 0 Å². The maximum Gasteiger partial charge on any atom is 0.224 e. The molecular formula is C16H22N4O2. The van der Waals surface area contributed by atoms with E-state index in [0.717, 1.165) is 25.2 Å². The minimum Gasteiger partial charge on any atom is -0.351 e. The van der Waals surface area contributed by atoms with Crippen molar-refractivity contribution in [2.24, 2.45) is 0 Å². The summed E-state index contributed by atoms with van der Waals surface area (Å²) < 4.78 is 7.13. The lowest BCUT2D eigenvalue weighted by molar-refractivity contribution is -0.133. The number of rotatable bonds is 4. The number of hydrogen-bond acceptors (Lipinski definition) is 4. The zero-order valence-corrected chi connectivity index (χ0v) is 13.1. The predicted octanol–water partition coefficient (Wildman–Crippen LogP) is 2.54. The molecule has 2 aromatic heterocycles. The monoisotopic (exact) mass is 302 g/mol. The summed E-state index contributed by atoms with van der Waals surface area (Å²) in [6.07, 6.45) is 6.52. The quantitative estimate of drug-likeness (QED) is 0.870. The fraction of sp³-hybridized carbons (Fsp3) is 0.562. The van der Waals surface area contributed by atoms with Gasteiger partial charge in [-0.2, -0.15) is 4.98 Å². The molecule has 0 spiro atoms. The highest BCUT2D eigenvalue weighted by atomic mass is 16.5. The van der Waals surface area contributed by atoms with Gasteiger partial charge in [0.05, 0.1) is 0 Å². The Hall–Kier alpha value is -2.11. The van der Waals surface area contributed by atoms with Crippen LogP contribution in [0.5, 0.6) is 0 Å². The summed E-state index contributed by atoms with van der Waals surface area (Å²) >= 11 is 0. The van der Waals surface area contributed by atoms with E-state index in [1.807, 2.05) is 29.4 Å². The van der Waals surface area contributed by atoms with Crippen molar-refractivity contribution < 1.29 is 9.32 Å². The Labute approximate surface area is 130 Å². The van der Waals surface area contributed by atoms with Crippen molar-refractivity contribution in [1.29, 1.82) is 0 Å². The first-order chi connectivity index (χ1) is 10.6. The van der Waals surface area contributed by atoms with E-state index in [1.54, 1.807) is 6.92 Å². The number of piperidine rings is 1. The van der Waals surface area contributed by atoms with Gasteiger partial charge >= 0.3 is 0 Å². The van der Waals surface area contributed by atoms with E-state index in [1.165, 1.54) is 0 Å². The van der Waals surface area contributed by atoms with Crippen molar-refractivity contribution in [3.05, 3.63) is 36.2 Å². The van der Waals surface area contributed by atoms with Crippen LogP contribution in [0, 0.1) is 6.92 Å². The summed E-state index contributed by atoms with van der Waals surface area (Å²) in [5.41, 5.74) is 0. The van der Waals surface area contributed by atoms with Gasteiger partial charge in [0.2, 0.25) is 11.8 Å². The SMILES string of the molecule is Cc1nc([C@H]2CCCN(C(=O)C[C@H](C)n3cccc3)C2)no1. The van der Waals surface area contributed by atoms with E-state index < -0.39 is 0 Å². The lowest BCUT2D eigenvalue weighted by Gasteiger charge is -2.32. The number of likely N-dealkylation sites (tertiary alicyclic amines) is 1. The average molecular weight is 302 g/mol. The van der Waals surface area contributed by atoms with Crippen LogP contribution in [-0.4, -0.2) is 38.6 Å². The molecule has 22 heavy (non-hydrogen) atoms. The third-order valence-electron chi connectivity index (χ3n) is 4.29. The summed E-state index contributed by atoms with van der Waals surface area (Å²) in [4.78, 5) is 18.8. The van der Waals surface area contributed by atoms with Crippen LogP contribution in [0.15, 0.2) is 29.0 Å². The maximum atomic E-state index is 12.5. The first-order valence-electron chi connectivity index (χ1n) is 7.84. The van der Waals surface area contributed by atoms with Gasteiger partial charge in [0.25, 0.3) is 0 Å². The molecule has 1 aliphatic rings. The van der Waals surface area contributed by atoms with Crippen molar-refractivity contribution >= 4 is 5.91 Å². The number of carbonyl (C=O) groups excluding carboxylic acids is 1. The van der Waals surface area contributed by atoms with Crippen molar-refractivity contribution in [3.8, 4) is 0 Å². The molecule has 118 valence electrons. The van der Waals surface area contributed by atoms with Gasteiger partial charge in [0, 0.05) is 50.8 Å². The Morgan fingerprint density at radius 2 is 2.23 bits per heavy atom. The van der Waals surface area contributed by atoms with Crippen LogP contribution >= 0.6 is 0 Å². The molecule has 3 rings (SSSR count). The molecule has 6 heteroatoms. The number of carbonyl (C=O) groups is 1. The highest BCUT2D eigenvalue weighted by Crippen LogP contribution is 2.26. The standard InChI is InChI=1S/C16H22N4O2/c1-12(19-7-3-4-8-19)10-15(21)20-9-5-6-14(11-20)16-17-13(2)22-18-16/h3-4,7-8,12,14H,5-6,9-11H2,1-2H3/t12-,14-/m0/s1. The van der Waals surface area contributed by atoms with E-state index in [-0.39, 0.29) is 17.9 Å². The Balaban J connectivity index is 1.60. The molecule has 0 radical (unpaired) electrons. The second kappa shape index (κ2) is 6.34. The van der Waals surface area contributed by atoms with Crippen LogP contribution in [-0.2, 0) is 4.79 Å². The number of amides is 1. The van der Waals surface area contributed by atoms with Gasteiger partial charge in [-0.05, 0) is 31.9 Å². The molecule has 1 aliphatic heterocycles. The van der Waals surface area contributed by atoms with E-state index in [4.69, 9.17) is 4.52 Å². The van der Waals surface area contributed by atoms with E-state index in [0.29, 0.717) is 18.9 Å². The second-order valence-electron chi connectivity index (χ2n) is 6.03. The smallest absolute Gasteiger partial charge is 0.224 e. The third-order valence-corrected chi connectivity index (χ3v) is 4.29. The van der Waals surface area contributed by atoms with Crippen LogP contribution in [0.3, 0.4) is 0 Å². The molecule has 1 saturated heterocycles. The summed E-state index contributed by atoms with van der Waals surface area (Å²) in [5.74, 6) is 1.70. The zero-order chi connectivity index (χ0) is 15.5. The summed E-state index contributed by atoms with van der Waals surface area (Å²) in [6, 6.07) is 4.14. The third kappa shape index (κ3) is 3.21. The molecule has 0 aliphatic carbocycles. The van der Waals surface area contributed by atoms with Gasteiger partial charge in [-0.15, -0.1) is 0 Å². The summed E-state index contributed by atoms with van der Waals surface area (Å²) in [6.45, 7) is 5.38. The van der Waals surface area contributed by atoms with Gasteiger partial charge in [0.1, 0.15) is 0 Å². The molecule has 0 N–H and O–H groups in total. The van der Waals surface area contributed by atoms with E-state index in [9.17, 15) is 4.79 Å². The molecule has 1 fully saturated rings. The zero-order valence-electron chi connectivity index (χ0n) is 13.1. The lowest BCUT2D eigenvalue weighted by atomic mass is 9.97. The number of aromatic nitrogens is 3. The average Bonchev–Trinajstić information content (AvgIpc) is 3.18. The summed E-state index contributed by atoms with van der Waals surface area (Å²) in [7, 11) is 0. The molecule has 0 aromatic carbocycles. The van der Waals surface area contributed by atoms with Crippen molar-refractivity contribution in [1.82, 2.24) is 19.6 Å². The molecule has 6 nitrogen and oxygen atoms in total. The summed E-state index contributed by atoms with van der Waals surface area (Å²) in [5, 5.41) is 4.01. The van der Waals surface area contributed by atoms with Gasteiger partial charge < -0.3 is 14.0 Å². The van der Waals surface area contributed by atoms with Gasteiger partial charge in [-0.25, -0.2) is 0 Å². The number of nitrogens with zero attached hydrogens (tertiary/aromatic N) is 4. The Morgan fingerprint density at radius 3 is 2.91 bits per heavy atom. The highest BCUT2D eigenvalue weighted by molar-refractivity contribution is 5.76. The van der Waals surface area contributed by atoms with Crippen molar-refractivity contribution in [2.75, 3.05) is 13.1 Å². The minimum atomic E-state index is 0.176. The normalized spacial score (nSPS) is 20.1. The fourth-order valence-electron chi connectivity index (χ4n) is 3.02. The molecular weight excluding hydrogens is 280 g/mol.